The molecule has 1 amide bonds. The number of hydrogen-bond acceptors (Lipinski definition) is 3. The SMILES string of the molecule is CS(=O)(=O)Nc1ccccc1NC(=O)c1cccc(C(F)(F)F)c1. The Morgan fingerprint density at radius 3 is 2.21 bits per heavy atom. The van der Waals surface area contributed by atoms with Gasteiger partial charge < -0.3 is 5.32 Å². The highest BCUT2D eigenvalue weighted by atomic mass is 32.2. The maximum atomic E-state index is 12.7. The highest BCUT2D eigenvalue weighted by Gasteiger charge is 2.30. The molecule has 0 saturated carbocycles. The first-order valence-corrected chi connectivity index (χ1v) is 8.51. The minimum Gasteiger partial charge on any atom is -0.320 e. The maximum absolute atomic E-state index is 12.7. The number of halogens is 3. The first-order valence-electron chi connectivity index (χ1n) is 6.62. The van der Waals surface area contributed by atoms with Gasteiger partial charge >= 0.3 is 6.18 Å². The summed E-state index contributed by atoms with van der Waals surface area (Å²) in [5, 5.41) is 2.39. The van der Waals surface area contributed by atoms with E-state index in [2.05, 4.69) is 10.0 Å². The van der Waals surface area contributed by atoms with E-state index in [0.717, 1.165) is 24.5 Å². The number of carbonyl (C=O) groups excluding carboxylic acids is 1. The maximum Gasteiger partial charge on any atom is 0.416 e. The van der Waals surface area contributed by atoms with Gasteiger partial charge in [0, 0.05) is 5.56 Å². The first kappa shape index (κ1) is 17.8. The number of carbonyl (C=O) groups is 1. The molecule has 0 unspecified atom stereocenters. The van der Waals surface area contributed by atoms with Gasteiger partial charge in [-0.05, 0) is 30.3 Å². The van der Waals surface area contributed by atoms with Crippen LogP contribution >= 0.6 is 0 Å². The van der Waals surface area contributed by atoms with Gasteiger partial charge in [0.25, 0.3) is 5.91 Å². The number of hydrogen-bond donors (Lipinski definition) is 2. The van der Waals surface area contributed by atoms with Gasteiger partial charge in [0.05, 0.1) is 23.2 Å². The van der Waals surface area contributed by atoms with Crippen LogP contribution in [0.25, 0.3) is 0 Å². The van der Waals surface area contributed by atoms with Crippen molar-refractivity contribution < 1.29 is 26.4 Å². The van der Waals surface area contributed by atoms with Gasteiger partial charge in [0.1, 0.15) is 0 Å². The van der Waals surface area contributed by atoms with Crippen molar-refractivity contribution in [2.24, 2.45) is 0 Å². The van der Waals surface area contributed by atoms with E-state index in [9.17, 15) is 26.4 Å². The third-order valence-electron chi connectivity index (χ3n) is 2.92. The van der Waals surface area contributed by atoms with E-state index < -0.39 is 27.7 Å². The Bertz CT molecular complexity index is 864. The summed E-state index contributed by atoms with van der Waals surface area (Å²) in [4.78, 5) is 12.2. The lowest BCUT2D eigenvalue weighted by Gasteiger charge is -2.13. The molecule has 0 atom stereocenters. The zero-order valence-corrected chi connectivity index (χ0v) is 13.2. The van der Waals surface area contributed by atoms with E-state index >= 15 is 0 Å². The van der Waals surface area contributed by atoms with Crippen LogP contribution in [0.15, 0.2) is 48.5 Å². The molecular weight excluding hydrogens is 345 g/mol. The highest BCUT2D eigenvalue weighted by molar-refractivity contribution is 7.92. The van der Waals surface area contributed by atoms with Crippen LogP contribution in [-0.2, 0) is 16.2 Å². The van der Waals surface area contributed by atoms with E-state index in [4.69, 9.17) is 0 Å². The minimum absolute atomic E-state index is 0.111. The molecule has 128 valence electrons. The van der Waals surface area contributed by atoms with E-state index in [-0.39, 0.29) is 16.9 Å². The molecule has 0 aliphatic rings. The zero-order chi connectivity index (χ0) is 18.0. The molecule has 2 aromatic carbocycles. The predicted octanol–water partition coefficient (Wildman–Crippen LogP) is 3.33. The zero-order valence-electron chi connectivity index (χ0n) is 12.4. The van der Waals surface area contributed by atoms with Crippen molar-refractivity contribution >= 4 is 27.3 Å². The number of para-hydroxylation sites is 2. The summed E-state index contributed by atoms with van der Waals surface area (Å²) in [6.45, 7) is 0. The lowest BCUT2D eigenvalue weighted by atomic mass is 10.1. The van der Waals surface area contributed by atoms with E-state index in [1.54, 1.807) is 12.1 Å². The third-order valence-corrected chi connectivity index (χ3v) is 3.51. The molecule has 0 fully saturated rings. The molecule has 0 radical (unpaired) electrons. The lowest BCUT2D eigenvalue weighted by molar-refractivity contribution is -0.137. The molecular formula is C15H13F3N2O3S. The molecule has 0 saturated heterocycles. The van der Waals surface area contributed by atoms with Gasteiger partial charge in [0.15, 0.2) is 0 Å². The van der Waals surface area contributed by atoms with Gasteiger partial charge in [-0.3, -0.25) is 9.52 Å². The second kappa shape index (κ2) is 6.52. The fraction of sp³-hybridized carbons (Fsp3) is 0.133. The number of rotatable bonds is 4. The number of amides is 1. The van der Waals surface area contributed by atoms with Crippen LogP contribution in [0, 0.1) is 0 Å². The monoisotopic (exact) mass is 358 g/mol. The van der Waals surface area contributed by atoms with Crippen LogP contribution in [0.2, 0.25) is 0 Å². The van der Waals surface area contributed by atoms with Crippen LogP contribution in [0.3, 0.4) is 0 Å². The smallest absolute Gasteiger partial charge is 0.320 e. The van der Waals surface area contributed by atoms with Crippen LogP contribution in [0.4, 0.5) is 24.5 Å². The van der Waals surface area contributed by atoms with Crippen molar-refractivity contribution in [3.8, 4) is 0 Å². The summed E-state index contributed by atoms with van der Waals surface area (Å²) in [7, 11) is -3.58. The van der Waals surface area contributed by atoms with Gasteiger partial charge in [0.2, 0.25) is 10.0 Å². The van der Waals surface area contributed by atoms with Gasteiger partial charge in [-0.15, -0.1) is 0 Å². The Balaban J connectivity index is 2.28. The molecule has 9 heteroatoms. The van der Waals surface area contributed by atoms with Crippen LogP contribution in [0.1, 0.15) is 15.9 Å². The Labute approximate surface area is 136 Å². The number of alkyl halides is 3. The van der Waals surface area contributed by atoms with E-state index in [1.807, 2.05) is 0 Å². The number of sulfonamides is 1. The van der Waals surface area contributed by atoms with Crippen LogP contribution in [0.5, 0.6) is 0 Å². The van der Waals surface area contributed by atoms with E-state index in [1.165, 1.54) is 18.2 Å². The molecule has 2 aromatic rings. The Morgan fingerprint density at radius 2 is 1.62 bits per heavy atom. The molecule has 0 spiro atoms. The quantitative estimate of drug-likeness (QED) is 0.880. The predicted molar refractivity (Wildman–Crippen MR) is 84.3 cm³/mol. The Morgan fingerprint density at radius 1 is 1.00 bits per heavy atom. The fourth-order valence-corrected chi connectivity index (χ4v) is 2.49. The molecule has 2 N–H and O–H groups in total. The summed E-state index contributed by atoms with van der Waals surface area (Å²) >= 11 is 0. The summed E-state index contributed by atoms with van der Waals surface area (Å²) in [6, 6.07) is 9.89. The number of benzene rings is 2. The largest absolute Gasteiger partial charge is 0.416 e. The van der Waals surface area contributed by atoms with Crippen LogP contribution in [-0.4, -0.2) is 20.6 Å². The van der Waals surface area contributed by atoms with E-state index in [0.29, 0.717) is 0 Å². The Kier molecular flexibility index (Phi) is 4.83. The van der Waals surface area contributed by atoms with Crippen molar-refractivity contribution in [3.05, 3.63) is 59.7 Å². The van der Waals surface area contributed by atoms with Crippen molar-refractivity contribution in [3.63, 3.8) is 0 Å². The van der Waals surface area contributed by atoms with Crippen LogP contribution < -0.4 is 10.0 Å². The van der Waals surface area contributed by atoms with Crippen molar-refractivity contribution in [2.75, 3.05) is 16.3 Å². The topological polar surface area (TPSA) is 75.3 Å². The Hall–Kier alpha value is -2.55. The lowest BCUT2D eigenvalue weighted by Crippen LogP contribution is -2.16. The second-order valence-electron chi connectivity index (χ2n) is 4.95. The summed E-state index contributed by atoms with van der Waals surface area (Å²) in [5.41, 5.74) is -0.901. The summed E-state index contributed by atoms with van der Waals surface area (Å²) in [6.07, 6.45) is -3.62. The average molecular weight is 358 g/mol. The molecule has 24 heavy (non-hydrogen) atoms. The summed E-state index contributed by atoms with van der Waals surface area (Å²) < 4.78 is 62.9. The first-order chi connectivity index (χ1) is 11.1. The minimum atomic E-state index is -4.56. The average Bonchev–Trinajstić information content (AvgIpc) is 2.47. The molecule has 0 aromatic heterocycles. The second-order valence-corrected chi connectivity index (χ2v) is 6.70. The highest BCUT2D eigenvalue weighted by Crippen LogP contribution is 2.30. The number of anilines is 2. The van der Waals surface area contributed by atoms with Gasteiger partial charge in [-0.1, -0.05) is 18.2 Å². The summed E-state index contributed by atoms with van der Waals surface area (Å²) in [5.74, 6) is -0.788. The molecule has 2 rings (SSSR count). The molecule has 0 bridgehead atoms. The standard InChI is InChI=1S/C15H13F3N2O3S/c1-24(22,23)20-13-8-3-2-7-12(13)19-14(21)10-5-4-6-11(9-10)15(16,17)18/h2-9,20H,1H3,(H,19,21). The van der Waals surface area contributed by atoms with Gasteiger partial charge in [-0.25, -0.2) is 8.42 Å². The van der Waals surface area contributed by atoms with Crippen molar-refractivity contribution in [1.82, 2.24) is 0 Å². The third kappa shape index (κ3) is 4.72. The van der Waals surface area contributed by atoms with Crippen molar-refractivity contribution in [2.45, 2.75) is 6.18 Å². The fourth-order valence-electron chi connectivity index (χ4n) is 1.91. The van der Waals surface area contributed by atoms with Crippen molar-refractivity contribution in [1.29, 1.82) is 0 Å². The molecule has 0 aliphatic heterocycles. The van der Waals surface area contributed by atoms with Gasteiger partial charge in [-0.2, -0.15) is 13.2 Å². The number of nitrogens with one attached hydrogen (secondary N) is 2. The molecule has 0 heterocycles. The molecule has 0 aliphatic carbocycles. The normalized spacial score (nSPS) is 11.8. The molecule has 5 nitrogen and oxygen atoms in total.